The lowest BCUT2D eigenvalue weighted by Gasteiger charge is -2.22. The predicted molar refractivity (Wildman–Crippen MR) is 71.2 cm³/mol. The summed E-state index contributed by atoms with van der Waals surface area (Å²) in [7, 11) is 0. The second-order valence-electron chi connectivity index (χ2n) is 4.94. The summed E-state index contributed by atoms with van der Waals surface area (Å²) in [5.74, 6) is 6.54. The van der Waals surface area contributed by atoms with Gasteiger partial charge in [-0.15, -0.1) is 0 Å². The lowest BCUT2D eigenvalue weighted by molar-refractivity contribution is 0.605. The van der Waals surface area contributed by atoms with Gasteiger partial charge in [-0.3, -0.25) is 16.3 Å². The normalized spacial score (nSPS) is 13.8. The molecule has 3 N–H and O–H groups in total. The van der Waals surface area contributed by atoms with Gasteiger partial charge < -0.3 is 0 Å². The van der Waals surface area contributed by atoms with Gasteiger partial charge in [0.2, 0.25) is 0 Å². The van der Waals surface area contributed by atoms with E-state index < -0.39 is 0 Å². The molecular weight excluding hydrogens is 218 g/mol. The lowest BCUT2D eigenvalue weighted by Crippen LogP contribution is -2.31. The molecule has 0 aliphatic rings. The molecule has 0 bridgehead atoms. The van der Waals surface area contributed by atoms with Crippen molar-refractivity contribution in [2.24, 2.45) is 5.84 Å². The van der Waals surface area contributed by atoms with E-state index in [2.05, 4.69) is 37.2 Å². The SMILES string of the molecule is Cc1cncc(C(CSC(C)(C)C)NN)c1. The van der Waals surface area contributed by atoms with Gasteiger partial charge in [-0.25, -0.2) is 0 Å². The van der Waals surface area contributed by atoms with Crippen LogP contribution in [0.25, 0.3) is 0 Å². The van der Waals surface area contributed by atoms with Crippen molar-refractivity contribution in [3.63, 3.8) is 0 Å². The van der Waals surface area contributed by atoms with E-state index in [4.69, 9.17) is 5.84 Å². The number of nitrogens with one attached hydrogen (secondary N) is 1. The van der Waals surface area contributed by atoms with Crippen LogP contribution >= 0.6 is 11.8 Å². The van der Waals surface area contributed by atoms with Crippen molar-refractivity contribution in [2.75, 3.05) is 5.75 Å². The molecule has 1 atom stereocenters. The fraction of sp³-hybridized carbons (Fsp3) is 0.583. The third-order valence-corrected chi connectivity index (χ3v) is 3.55. The van der Waals surface area contributed by atoms with E-state index in [0.29, 0.717) is 0 Å². The number of hydrogen-bond acceptors (Lipinski definition) is 4. The Bertz CT molecular complexity index is 333. The Balaban J connectivity index is 2.68. The minimum atomic E-state index is 0.164. The van der Waals surface area contributed by atoms with E-state index in [0.717, 1.165) is 11.3 Å². The molecule has 1 unspecified atom stereocenters. The first-order valence-corrected chi connectivity index (χ1v) is 6.42. The number of hydrazine groups is 1. The molecule has 3 nitrogen and oxygen atoms in total. The van der Waals surface area contributed by atoms with Crippen LogP contribution < -0.4 is 11.3 Å². The summed E-state index contributed by atoms with van der Waals surface area (Å²) in [4.78, 5) is 4.19. The number of hydrogen-bond donors (Lipinski definition) is 2. The Labute approximate surface area is 102 Å². The van der Waals surface area contributed by atoms with Gasteiger partial charge in [0, 0.05) is 22.9 Å². The highest BCUT2D eigenvalue weighted by atomic mass is 32.2. The number of aromatic nitrogens is 1. The summed E-state index contributed by atoms with van der Waals surface area (Å²) in [6.45, 7) is 8.67. The zero-order valence-corrected chi connectivity index (χ0v) is 11.3. The van der Waals surface area contributed by atoms with Crippen molar-refractivity contribution in [2.45, 2.75) is 38.5 Å². The van der Waals surface area contributed by atoms with E-state index in [-0.39, 0.29) is 10.8 Å². The molecule has 4 heteroatoms. The van der Waals surface area contributed by atoms with E-state index in [1.54, 1.807) is 0 Å². The first kappa shape index (κ1) is 13.5. The molecule has 0 fully saturated rings. The summed E-state index contributed by atoms with van der Waals surface area (Å²) >= 11 is 1.90. The largest absolute Gasteiger partial charge is 0.271 e. The van der Waals surface area contributed by atoms with Crippen LogP contribution in [0.5, 0.6) is 0 Å². The van der Waals surface area contributed by atoms with Crippen LogP contribution in [0.4, 0.5) is 0 Å². The molecule has 0 aliphatic carbocycles. The summed E-state index contributed by atoms with van der Waals surface area (Å²) in [6, 6.07) is 2.29. The van der Waals surface area contributed by atoms with E-state index in [1.165, 1.54) is 5.56 Å². The molecule has 16 heavy (non-hydrogen) atoms. The third-order valence-electron chi connectivity index (χ3n) is 2.18. The Hall–Kier alpha value is -0.580. The molecule has 1 aromatic heterocycles. The van der Waals surface area contributed by atoms with Crippen LogP contribution in [0.15, 0.2) is 18.5 Å². The van der Waals surface area contributed by atoms with E-state index in [9.17, 15) is 0 Å². The summed E-state index contributed by atoms with van der Waals surface area (Å²) in [6.07, 6.45) is 3.73. The van der Waals surface area contributed by atoms with Gasteiger partial charge in [-0.1, -0.05) is 26.8 Å². The maximum atomic E-state index is 5.59. The van der Waals surface area contributed by atoms with Gasteiger partial charge in [-0.05, 0) is 18.1 Å². The summed E-state index contributed by atoms with van der Waals surface area (Å²) in [5.41, 5.74) is 5.17. The topological polar surface area (TPSA) is 50.9 Å². The molecule has 0 aromatic carbocycles. The van der Waals surface area contributed by atoms with Gasteiger partial charge in [0.05, 0.1) is 6.04 Å². The highest BCUT2D eigenvalue weighted by Crippen LogP contribution is 2.27. The monoisotopic (exact) mass is 239 g/mol. The summed E-state index contributed by atoms with van der Waals surface area (Å²) < 4.78 is 0.256. The molecule has 0 saturated heterocycles. The second kappa shape index (κ2) is 5.66. The molecule has 0 aliphatic heterocycles. The van der Waals surface area contributed by atoms with Crippen LogP contribution in [0.1, 0.15) is 37.9 Å². The number of nitrogens with two attached hydrogens (primary N) is 1. The Morgan fingerprint density at radius 1 is 1.44 bits per heavy atom. The molecule has 0 radical (unpaired) electrons. The maximum absolute atomic E-state index is 5.59. The number of pyridine rings is 1. The van der Waals surface area contributed by atoms with Crippen LogP contribution in [0.2, 0.25) is 0 Å². The van der Waals surface area contributed by atoms with Crippen LogP contribution in [-0.2, 0) is 0 Å². The number of rotatable bonds is 4. The van der Waals surface area contributed by atoms with Gasteiger partial charge in [-0.2, -0.15) is 11.8 Å². The van der Waals surface area contributed by atoms with Crippen LogP contribution in [0.3, 0.4) is 0 Å². The minimum absolute atomic E-state index is 0.164. The Morgan fingerprint density at radius 2 is 2.12 bits per heavy atom. The van der Waals surface area contributed by atoms with E-state index in [1.807, 2.05) is 31.1 Å². The molecule has 90 valence electrons. The van der Waals surface area contributed by atoms with Crippen LogP contribution in [0, 0.1) is 6.92 Å². The quantitative estimate of drug-likeness (QED) is 0.626. The maximum Gasteiger partial charge on any atom is 0.0565 e. The zero-order valence-electron chi connectivity index (χ0n) is 10.4. The molecular formula is C12H21N3S. The first-order chi connectivity index (χ1) is 7.42. The third kappa shape index (κ3) is 4.51. The zero-order chi connectivity index (χ0) is 12.2. The number of nitrogens with zero attached hydrogens (tertiary/aromatic N) is 1. The average molecular weight is 239 g/mol. The number of aryl methyl sites for hydroxylation is 1. The highest BCUT2D eigenvalue weighted by Gasteiger charge is 2.16. The standard InChI is InChI=1S/C12H21N3S/c1-9-5-10(7-14-6-9)11(15-13)8-16-12(2,3)4/h5-7,11,15H,8,13H2,1-4H3. The smallest absolute Gasteiger partial charge is 0.0565 e. The summed E-state index contributed by atoms with van der Waals surface area (Å²) in [5, 5.41) is 0. The van der Waals surface area contributed by atoms with Gasteiger partial charge in [0.1, 0.15) is 0 Å². The lowest BCUT2D eigenvalue weighted by atomic mass is 10.1. The average Bonchev–Trinajstić information content (AvgIpc) is 2.17. The van der Waals surface area contributed by atoms with Crippen molar-refractivity contribution in [1.82, 2.24) is 10.4 Å². The minimum Gasteiger partial charge on any atom is -0.271 e. The van der Waals surface area contributed by atoms with Crippen molar-refractivity contribution in [3.05, 3.63) is 29.6 Å². The van der Waals surface area contributed by atoms with Crippen molar-refractivity contribution >= 4 is 11.8 Å². The predicted octanol–water partition coefficient (Wildman–Crippen LogP) is 2.43. The van der Waals surface area contributed by atoms with Gasteiger partial charge >= 0.3 is 0 Å². The van der Waals surface area contributed by atoms with Gasteiger partial charge in [0.25, 0.3) is 0 Å². The van der Waals surface area contributed by atoms with Crippen molar-refractivity contribution in [1.29, 1.82) is 0 Å². The Morgan fingerprint density at radius 3 is 2.62 bits per heavy atom. The molecule has 0 spiro atoms. The number of thioether (sulfide) groups is 1. The molecule has 1 rings (SSSR count). The fourth-order valence-electron chi connectivity index (χ4n) is 1.34. The van der Waals surface area contributed by atoms with Gasteiger partial charge in [0.15, 0.2) is 0 Å². The van der Waals surface area contributed by atoms with Crippen LogP contribution in [-0.4, -0.2) is 15.5 Å². The van der Waals surface area contributed by atoms with Crippen molar-refractivity contribution in [3.8, 4) is 0 Å². The van der Waals surface area contributed by atoms with E-state index >= 15 is 0 Å². The molecule has 1 aromatic rings. The van der Waals surface area contributed by atoms with Crippen molar-refractivity contribution < 1.29 is 0 Å². The molecule has 0 saturated carbocycles. The molecule has 1 heterocycles. The fourth-order valence-corrected chi connectivity index (χ4v) is 2.30. The Kier molecular flexibility index (Phi) is 4.77. The highest BCUT2D eigenvalue weighted by molar-refractivity contribution is 8.00. The second-order valence-corrected chi connectivity index (χ2v) is 6.79. The molecule has 0 amide bonds. The first-order valence-electron chi connectivity index (χ1n) is 5.44.